The number of ketones is 1. The Balaban J connectivity index is 2.52. The molecule has 0 aliphatic carbocycles. The van der Waals surface area contributed by atoms with E-state index in [1.165, 1.54) is 0 Å². The fraction of sp³-hybridized carbons (Fsp3) is 0.385. The highest BCUT2D eigenvalue weighted by Gasteiger charge is 2.28. The van der Waals surface area contributed by atoms with Crippen molar-refractivity contribution >= 4 is 16.8 Å². The van der Waals surface area contributed by atoms with E-state index in [0.29, 0.717) is 0 Å². The monoisotopic (exact) mass is 216 g/mol. The van der Waals surface area contributed by atoms with E-state index < -0.39 is 0 Å². The zero-order chi connectivity index (χ0) is 11.8. The van der Waals surface area contributed by atoms with Gasteiger partial charge in [-0.15, -0.1) is 0 Å². The van der Waals surface area contributed by atoms with Gasteiger partial charge < -0.3 is 4.98 Å². The summed E-state index contributed by atoms with van der Waals surface area (Å²) < 4.78 is 0. The number of Topliss-reactive ketones (excluding diaryl/α,β-unsaturated/α-hetero) is 1. The molecule has 0 fully saturated rings. The average Bonchev–Trinajstić information content (AvgIpc) is 2.71. The molecule has 2 rings (SSSR count). The number of fused-ring (bicyclic) bond motifs is 1. The second-order valence-electron chi connectivity index (χ2n) is 4.67. The van der Waals surface area contributed by atoms with Crippen LogP contribution in [0.1, 0.15) is 37.6 Å². The molecule has 0 bridgehead atoms. The van der Waals surface area contributed by atoms with Gasteiger partial charge >= 0.3 is 0 Å². The van der Waals surface area contributed by atoms with Crippen LogP contribution in [0.4, 0.5) is 0 Å². The Morgan fingerprint density at radius 3 is 2.94 bits per heavy atom. The Labute approximate surface area is 94.9 Å². The molecular weight excluding hydrogens is 200 g/mol. The molecule has 1 N–H and O–H groups in total. The second kappa shape index (κ2) is 3.74. The van der Waals surface area contributed by atoms with Crippen molar-refractivity contribution in [2.24, 2.45) is 5.41 Å². The van der Waals surface area contributed by atoms with Crippen LogP contribution < -0.4 is 0 Å². The van der Waals surface area contributed by atoms with Crippen molar-refractivity contribution in [1.29, 1.82) is 0 Å². The van der Waals surface area contributed by atoms with Crippen LogP contribution in [0.3, 0.4) is 0 Å². The Bertz CT molecular complexity index is 525. The topological polar surface area (TPSA) is 45.8 Å². The van der Waals surface area contributed by atoms with Gasteiger partial charge in [0.15, 0.2) is 5.78 Å². The molecule has 3 heteroatoms. The first kappa shape index (κ1) is 10.9. The summed E-state index contributed by atoms with van der Waals surface area (Å²) in [6.45, 7) is 5.99. The normalized spacial score (nSPS) is 11.9. The van der Waals surface area contributed by atoms with Gasteiger partial charge in [-0.05, 0) is 18.6 Å². The lowest BCUT2D eigenvalue weighted by molar-refractivity contribution is 0.0835. The first-order valence-electron chi connectivity index (χ1n) is 5.53. The van der Waals surface area contributed by atoms with E-state index >= 15 is 0 Å². The van der Waals surface area contributed by atoms with Crippen molar-refractivity contribution in [3.63, 3.8) is 0 Å². The fourth-order valence-corrected chi connectivity index (χ4v) is 1.67. The lowest BCUT2D eigenvalue weighted by Gasteiger charge is -2.20. The number of aromatic amines is 1. The molecule has 0 radical (unpaired) electrons. The van der Waals surface area contributed by atoms with E-state index in [1.54, 1.807) is 12.4 Å². The molecule has 0 aromatic carbocycles. The summed E-state index contributed by atoms with van der Waals surface area (Å²) in [7, 11) is 0. The van der Waals surface area contributed by atoms with Crippen molar-refractivity contribution in [1.82, 2.24) is 9.97 Å². The van der Waals surface area contributed by atoms with E-state index in [-0.39, 0.29) is 11.2 Å². The number of pyridine rings is 1. The molecule has 0 saturated carbocycles. The zero-order valence-corrected chi connectivity index (χ0v) is 9.87. The summed E-state index contributed by atoms with van der Waals surface area (Å²) in [6, 6.07) is 3.78. The van der Waals surface area contributed by atoms with Gasteiger partial charge in [0.1, 0.15) is 5.65 Å². The SMILES string of the molecule is CCC(C)(C)C(=O)c1c[nH]c2ncccc12. The van der Waals surface area contributed by atoms with Gasteiger partial charge in [-0.1, -0.05) is 20.8 Å². The minimum atomic E-state index is -0.315. The van der Waals surface area contributed by atoms with Crippen LogP contribution in [0.2, 0.25) is 0 Å². The second-order valence-corrected chi connectivity index (χ2v) is 4.67. The molecule has 0 atom stereocenters. The molecule has 2 aromatic rings. The molecule has 3 nitrogen and oxygen atoms in total. The number of carbonyl (C=O) groups excluding carboxylic acids is 1. The van der Waals surface area contributed by atoms with Crippen molar-refractivity contribution in [3.8, 4) is 0 Å². The van der Waals surface area contributed by atoms with Crippen LogP contribution in [0.5, 0.6) is 0 Å². The lowest BCUT2D eigenvalue weighted by Crippen LogP contribution is -2.23. The summed E-state index contributed by atoms with van der Waals surface area (Å²) in [5.74, 6) is 0.175. The highest BCUT2D eigenvalue weighted by Crippen LogP contribution is 2.28. The molecule has 0 spiro atoms. The molecule has 0 aliphatic rings. The molecule has 0 unspecified atom stereocenters. The fourth-order valence-electron chi connectivity index (χ4n) is 1.67. The van der Waals surface area contributed by atoms with E-state index in [1.807, 2.05) is 32.9 Å². The summed E-state index contributed by atoms with van der Waals surface area (Å²) in [6.07, 6.45) is 4.31. The van der Waals surface area contributed by atoms with Crippen molar-refractivity contribution in [2.75, 3.05) is 0 Å². The van der Waals surface area contributed by atoms with Gasteiger partial charge in [-0.25, -0.2) is 4.98 Å². The smallest absolute Gasteiger partial charge is 0.170 e. The summed E-state index contributed by atoms with van der Waals surface area (Å²) in [4.78, 5) is 19.5. The van der Waals surface area contributed by atoms with E-state index in [2.05, 4.69) is 9.97 Å². The zero-order valence-electron chi connectivity index (χ0n) is 9.87. The largest absolute Gasteiger partial charge is 0.345 e. The molecule has 84 valence electrons. The Morgan fingerprint density at radius 2 is 2.25 bits per heavy atom. The third-order valence-corrected chi connectivity index (χ3v) is 3.19. The standard InChI is InChI=1S/C13H16N2O/c1-4-13(2,3)11(16)10-8-15-12-9(10)6-5-7-14-12/h5-8H,4H2,1-3H3,(H,14,15). The van der Waals surface area contributed by atoms with E-state index in [0.717, 1.165) is 23.0 Å². The van der Waals surface area contributed by atoms with Crippen LogP contribution in [0.25, 0.3) is 11.0 Å². The lowest BCUT2D eigenvalue weighted by atomic mass is 9.82. The Morgan fingerprint density at radius 1 is 1.50 bits per heavy atom. The maximum Gasteiger partial charge on any atom is 0.170 e. The number of hydrogen-bond donors (Lipinski definition) is 1. The quantitative estimate of drug-likeness (QED) is 0.801. The van der Waals surface area contributed by atoms with Crippen LogP contribution in [0.15, 0.2) is 24.5 Å². The Hall–Kier alpha value is -1.64. The van der Waals surface area contributed by atoms with E-state index in [9.17, 15) is 4.79 Å². The molecule has 0 amide bonds. The summed E-state index contributed by atoms with van der Waals surface area (Å²) in [5, 5.41) is 0.911. The number of H-pyrrole nitrogens is 1. The predicted octanol–water partition coefficient (Wildman–Crippen LogP) is 3.18. The van der Waals surface area contributed by atoms with Gasteiger partial charge in [0.25, 0.3) is 0 Å². The van der Waals surface area contributed by atoms with Crippen LogP contribution in [-0.4, -0.2) is 15.8 Å². The highest BCUT2D eigenvalue weighted by atomic mass is 16.1. The third kappa shape index (κ3) is 1.62. The van der Waals surface area contributed by atoms with Crippen LogP contribution in [-0.2, 0) is 0 Å². The third-order valence-electron chi connectivity index (χ3n) is 3.19. The molecule has 2 heterocycles. The number of nitrogens with one attached hydrogen (secondary N) is 1. The average molecular weight is 216 g/mol. The molecule has 2 aromatic heterocycles. The van der Waals surface area contributed by atoms with Crippen molar-refractivity contribution in [2.45, 2.75) is 27.2 Å². The maximum atomic E-state index is 12.3. The number of rotatable bonds is 3. The Kier molecular flexibility index (Phi) is 2.54. The molecule has 0 aliphatic heterocycles. The summed E-state index contributed by atoms with van der Waals surface area (Å²) in [5.41, 5.74) is 1.21. The summed E-state index contributed by atoms with van der Waals surface area (Å²) >= 11 is 0. The number of carbonyl (C=O) groups is 1. The van der Waals surface area contributed by atoms with Gasteiger partial charge in [0.2, 0.25) is 0 Å². The van der Waals surface area contributed by atoms with Gasteiger partial charge in [0.05, 0.1) is 0 Å². The number of hydrogen-bond acceptors (Lipinski definition) is 2. The predicted molar refractivity (Wildman–Crippen MR) is 64.5 cm³/mol. The van der Waals surface area contributed by atoms with Gasteiger partial charge in [0, 0.05) is 28.8 Å². The van der Waals surface area contributed by atoms with Crippen molar-refractivity contribution < 1.29 is 4.79 Å². The van der Waals surface area contributed by atoms with Gasteiger partial charge in [-0.2, -0.15) is 0 Å². The first-order chi connectivity index (χ1) is 7.56. The van der Waals surface area contributed by atoms with E-state index in [4.69, 9.17) is 0 Å². The molecule has 16 heavy (non-hydrogen) atoms. The molecule has 0 saturated heterocycles. The van der Waals surface area contributed by atoms with Crippen molar-refractivity contribution in [3.05, 3.63) is 30.1 Å². The van der Waals surface area contributed by atoms with Crippen LogP contribution in [0, 0.1) is 5.41 Å². The maximum absolute atomic E-state index is 12.3. The minimum absolute atomic E-state index is 0.175. The van der Waals surface area contributed by atoms with Crippen LogP contribution >= 0.6 is 0 Å². The van der Waals surface area contributed by atoms with Gasteiger partial charge in [-0.3, -0.25) is 4.79 Å². The highest BCUT2D eigenvalue weighted by molar-refractivity contribution is 6.09. The minimum Gasteiger partial charge on any atom is -0.345 e. The first-order valence-corrected chi connectivity index (χ1v) is 5.53. The number of aromatic nitrogens is 2. The number of nitrogens with zero attached hydrogens (tertiary/aromatic N) is 1. The molecular formula is C13H16N2O.